The van der Waals surface area contributed by atoms with Crippen molar-refractivity contribution in [3.8, 4) is 34.9 Å². The smallest absolute Gasteiger partial charge is 0.287 e. The van der Waals surface area contributed by atoms with E-state index in [1.54, 1.807) is 13.0 Å². The zero-order valence-electron chi connectivity index (χ0n) is 21.4. The molecule has 2 heterocycles. The molecule has 2 aliphatic carbocycles. The van der Waals surface area contributed by atoms with Crippen LogP contribution in [0.3, 0.4) is 0 Å². The van der Waals surface area contributed by atoms with E-state index in [4.69, 9.17) is 15.4 Å². The molecule has 2 saturated carbocycles. The first-order valence-electron chi connectivity index (χ1n) is 13.2. The Balaban J connectivity index is 1.22. The molecule has 6 rings (SSSR count). The van der Waals surface area contributed by atoms with Crippen molar-refractivity contribution in [2.75, 3.05) is 0 Å². The number of rotatable bonds is 7. The van der Waals surface area contributed by atoms with Gasteiger partial charge in [0.15, 0.2) is 11.5 Å². The predicted molar refractivity (Wildman–Crippen MR) is 143 cm³/mol. The number of nitrogens with zero attached hydrogens (tertiary/aromatic N) is 2. The molecule has 2 aromatic heterocycles. The lowest BCUT2D eigenvalue weighted by Gasteiger charge is -2.37. The van der Waals surface area contributed by atoms with Crippen LogP contribution in [0.25, 0.3) is 33.5 Å². The van der Waals surface area contributed by atoms with Gasteiger partial charge in [-0.05, 0) is 48.9 Å². The Morgan fingerprint density at radius 1 is 0.974 bits per heavy atom. The highest BCUT2D eigenvalue weighted by atomic mass is 16.5. The van der Waals surface area contributed by atoms with Crippen LogP contribution in [-0.4, -0.2) is 27.4 Å². The van der Waals surface area contributed by atoms with Crippen molar-refractivity contribution >= 4 is 22.7 Å². The molecule has 0 saturated heterocycles. The number of hydrogen-bond donors (Lipinski definition) is 1. The standard InChI is InChI=1S/C31H29N3O4/c1-3-30(15-16-30)19-27(35)31(13-5-4-6-14-31)33-29(36)26-18-24-12-11-23(17-25(24)37-26)21-7-9-22(10-8-21)28-32-20(2)38-34-28/h1,7-12,17-18H,4-6,13-16,19H2,2H3,(H,33,36). The molecule has 38 heavy (non-hydrogen) atoms. The normalized spacial score (nSPS) is 17.6. The molecule has 2 fully saturated rings. The van der Waals surface area contributed by atoms with E-state index in [1.807, 2.05) is 42.5 Å². The van der Waals surface area contributed by atoms with Gasteiger partial charge in [-0.25, -0.2) is 0 Å². The molecule has 0 aliphatic heterocycles. The van der Waals surface area contributed by atoms with Crippen molar-refractivity contribution in [1.29, 1.82) is 0 Å². The first-order chi connectivity index (χ1) is 18.4. The lowest BCUT2D eigenvalue weighted by molar-refractivity contribution is -0.127. The number of ketones is 1. The van der Waals surface area contributed by atoms with Crippen molar-refractivity contribution in [3.63, 3.8) is 0 Å². The summed E-state index contributed by atoms with van der Waals surface area (Å²) in [5, 5.41) is 7.87. The first kappa shape index (κ1) is 24.2. The summed E-state index contributed by atoms with van der Waals surface area (Å²) in [4.78, 5) is 31.1. The second-order valence-corrected chi connectivity index (χ2v) is 10.7. The summed E-state index contributed by atoms with van der Waals surface area (Å²) in [5.74, 6) is 3.78. The van der Waals surface area contributed by atoms with Gasteiger partial charge < -0.3 is 14.3 Å². The number of aryl methyl sites for hydroxylation is 1. The Morgan fingerprint density at radius 3 is 2.34 bits per heavy atom. The monoisotopic (exact) mass is 507 g/mol. The fourth-order valence-electron chi connectivity index (χ4n) is 5.46. The fourth-order valence-corrected chi connectivity index (χ4v) is 5.46. The number of hydrogen-bond acceptors (Lipinski definition) is 6. The maximum atomic E-state index is 13.4. The van der Waals surface area contributed by atoms with Gasteiger partial charge in [-0.3, -0.25) is 9.59 Å². The molecule has 0 radical (unpaired) electrons. The van der Waals surface area contributed by atoms with Gasteiger partial charge in [0, 0.05) is 29.7 Å². The average molecular weight is 508 g/mol. The van der Waals surface area contributed by atoms with Crippen LogP contribution < -0.4 is 5.32 Å². The summed E-state index contributed by atoms with van der Waals surface area (Å²) in [6, 6.07) is 15.4. The number of benzene rings is 2. The molecule has 4 aromatic rings. The van der Waals surface area contributed by atoms with Gasteiger partial charge in [-0.2, -0.15) is 4.98 Å². The van der Waals surface area contributed by atoms with E-state index in [-0.39, 0.29) is 22.9 Å². The maximum absolute atomic E-state index is 13.4. The molecule has 0 spiro atoms. The summed E-state index contributed by atoms with van der Waals surface area (Å²) in [7, 11) is 0. The van der Waals surface area contributed by atoms with E-state index in [2.05, 4.69) is 21.4 Å². The van der Waals surface area contributed by atoms with Crippen LogP contribution in [0, 0.1) is 24.7 Å². The largest absolute Gasteiger partial charge is 0.451 e. The number of furan rings is 1. The van der Waals surface area contributed by atoms with Crippen LogP contribution in [0.5, 0.6) is 0 Å². The van der Waals surface area contributed by atoms with Crippen LogP contribution in [0.2, 0.25) is 0 Å². The molecule has 7 heteroatoms. The average Bonchev–Trinajstić information content (AvgIpc) is 3.36. The first-order valence-corrected chi connectivity index (χ1v) is 13.2. The van der Waals surface area contributed by atoms with Gasteiger partial charge in [-0.15, -0.1) is 6.42 Å². The minimum atomic E-state index is -0.870. The van der Waals surface area contributed by atoms with E-state index in [0.29, 0.717) is 36.6 Å². The Labute approximate surface area is 221 Å². The van der Waals surface area contributed by atoms with E-state index in [9.17, 15) is 9.59 Å². The van der Waals surface area contributed by atoms with Crippen molar-refractivity contribution in [2.45, 2.75) is 63.8 Å². The number of nitrogens with one attached hydrogen (secondary N) is 1. The van der Waals surface area contributed by atoms with Crippen LogP contribution in [0.4, 0.5) is 0 Å². The van der Waals surface area contributed by atoms with Crippen molar-refractivity contribution in [1.82, 2.24) is 15.5 Å². The Bertz CT molecular complexity index is 1560. The zero-order chi connectivity index (χ0) is 26.3. The topological polar surface area (TPSA) is 98.2 Å². The van der Waals surface area contributed by atoms with E-state index >= 15 is 0 Å². The minimum Gasteiger partial charge on any atom is -0.451 e. The highest BCUT2D eigenvalue weighted by Crippen LogP contribution is 2.49. The van der Waals surface area contributed by atoms with Crippen LogP contribution in [0.1, 0.15) is 67.8 Å². The number of carbonyl (C=O) groups excluding carboxylic acids is 2. The second-order valence-electron chi connectivity index (χ2n) is 10.7. The third-order valence-electron chi connectivity index (χ3n) is 8.00. The Kier molecular flexibility index (Phi) is 5.91. The molecule has 192 valence electrons. The molecule has 2 aliphatic rings. The SMILES string of the molecule is C#CC1(CC(=O)C2(NC(=O)c3cc4ccc(-c5ccc(-c6noc(C)n6)cc5)cc4o3)CCCCC2)CC1. The fraction of sp³-hybridized carbons (Fsp3) is 0.355. The van der Waals surface area contributed by atoms with Crippen LogP contribution in [-0.2, 0) is 4.79 Å². The number of amides is 1. The van der Waals surface area contributed by atoms with Gasteiger partial charge in [0.25, 0.3) is 5.91 Å². The second kappa shape index (κ2) is 9.29. The van der Waals surface area contributed by atoms with Crippen molar-refractivity contribution < 1.29 is 18.5 Å². The van der Waals surface area contributed by atoms with E-state index in [0.717, 1.165) is 54.2 Å². The summed E-state index contributed by atoms with van der Waals surface area (Å²) < 4.78 is 11.1. The third-order valence-corrected chi connectivity index (χ3v) is 8.00. The van der Waals surface area contributed by atoms with Crippen molar-refractivity contribution in [3.05, 3.63) is 60.2 Å². The number of fused-ring (bicyclic) bond motifs is 1. The van der Waals surface area contributed by atoms with E-state index < -0.39 is 5.54 Å². The maximum Gasteiger partial charge on any atom is 0.287 e. The molecular weight excluding hydrogens is 478 g/mol. The van der Waals surface area contributed by atoms with Gasteiger partial charge in [-0.1, -0.05) is 66.7 Å². The molecule has 0 unspecified atom stereocenters. The molecule has 1 N–H and O–H groups in total. The minimum absolute atomic E-state index is 0.0545. The summed E-state index contributed by atoms with van der Waals surface area (Å²) in [5.41, 5.74) is 2.24. The summed E-state index contributed by atoms with van der Waals surface area (Å²) in [6.45, 7) is 1.76. The highest BCUT2D eigenvalue weighted by Gasteiger charge is 2.49. The number of carbonyl (C=O) groups is 2. The Hall–Kier alpha value is -4.18. The number of terminal acetylenes is 1. The molecule has 2 aromatic carbocycles. The number of aromatic nitrogens is 2. The molecular formula is C31H29N3O4. The van der Waals surface area contributed by atoms with Gasteiger partial charge >= 0.3 is 0 Å². The van der Waals surface area contributed by atoms with Crippen LogP contribution >= 0.6 is 0 Å². The lowest BCUT2D eigenvalue weighted by Crippen LogP contribution is -2.56. The van der Waals surface area contributed by atoms with Gasteiger partial charge in [0.2, 0.25) is 11.7 Å². The molecule has 0 bridgehead atoms. The quantitative estimate of drug-likeness (QED) is 0.296. The molecule has 1 amide bonds. The van der Waals surface area contributed by atoms with Gasteiger partial charge in [0.1, 0.15) is 5.58 Å². The summed E-state index contributed by atoms with van der Waals surface area (Å²) in [6.07, 6.45) is 11.9. The predicted octanol–water partition coefficient (Wildman–Crippen LogP) is 6.26. The molecule has 7 nitrogen and oxygen atoms in total. The Morgan fingerprint density at radius 2 is 1.68 bits per heavy atom. The third kappa shape index (κ3) is 4.51. The van der Waals surface area contributed by atoms with Gasteiger partial charge in [0.05, 0.1) is 5.54 Å². The van der Waals surface area contributed by atoms with Crippen LogP contribution in [0.15, 0.2) is 57.5 Å². The zero-order valence-corrected chi connectivity index (χ0v) is 21.4. The highest BCUT2D eigenvalue weighted by molar-refractivity contribution is 6.01. The number of Topliss-reactive ketones (excluding diaryl/α,β-unsaturated/α-hetero) is 1. The lowest BCUT2D eigenvalue weighted by atomic mass is 9.75. The summed E-state index contributed by atoms with van der Waals surface area (Å²) >= 11 is 0. The van der Waals surface area contributed by atoms with E-state index in [1.165, 1.54) is 0 Å². The molecule has 0 atom stereocenters. The van der Waals surface area contributed by atoms with Crippen molar-refractivity contribution in [2.24, 2.45) is 5.41 Å².